The van der Waals surface area contributed by atoms with Gasteiger partial charge >= 0.3 is 0 Å². The van der Waals surface area contributed by atoms with E-state index in [-0.39, 0.29) is 5.78 Å². The summed E-state index contributed by atoms with van der Waals surface area (Å²) in [4.78, 5) is 14.5. The molecule has 0 aliphatic heterocycles. The summed E-state index contributed by atoms with van der Waals surface area (Å²) in [5, 5.41) is 1.89. The van der Waals surface area contributed by atoms with Crippen molar-refractivity contribution >= 4 is 17.1 Å². The zero-order chi connectivity index (χ0) is 9.84. The molecule has 0 radical (unpaired) electrons. The smallest absolute Gasteiger partial charge is 0.188 e. The minimum atomic E-state index is 0.0676. The van der Waals surface area contributed by atoms with Crippen molar-refractivity contribution in [1.29, 1.82) is 0 Å². The highest BCUT2D eigenvalue weighted by molar-refractivity contribution is 7.10. The number of rotatable bonds is 3. The van der Waals surface area contributed by atoms with Gasteiger partial charge in [0.2, 0.25) is 0 Å². The summed E-state index contributed by atoms with van der Waals surface area (Å²) in [5.41, 5.74) is 0.778. The van der Waals surface area contributed by atoms with Crippen LogP contribution in [0.15, 0.2) is 23.7 Å². The fourth-order valence-corrected chi connectivity index (χ4v) is 1.58. The Morgan fingerprint density at radius 1 is 1.54 bits per heavy atom. The first-order chi connectivity index (χ1) is 6.09. The lowest BCUT2D eigenvalue weighted by molar-refractivity contribution is 0.104. The van der Waals surface area contributed by atoms with Crippen LogP contribution in [-0.4, -0.2) is 24.8 Å². The van der Waals surface area contributed by atoms with Crippen LogP contribution in [0.4, 0.5) is 0 Å². The number of ketones is 1. The van der Waals surface area contributed by atoms with Gasteiger partial charge in [-0.3, -0.25) is 4.79 Å². The zero-order valence-corrected chi connectivity index (χ0v) is 8.89. The Morgan fingerprint density at radius 3 is 2.69 bits per heavy atom. The molecular formula is C10H13NOS. The van der Waals surface area contributed by atoms with Crippen LogP contribution in [0.2, 0.25) is 0 Å². The Labute approximate surface area is 82.5 Å². The molecule has 3 heteroatoms. The van der Waals surface area contributed by atoms with Gasteiger partial charge in [-0.15, -0.1) is 11.3 Å². The van der Waals surface area contributed by atoms with E-state index in [0.29, 0.717) is 0 Å². The second-order valence-corrected chi connectivity index (χ2v) is 4.20. The molecule has 1 aromatic rings. The van der Waals surface area contributed by atoms with E-state index in [1.165, 1.54) is 4.88 Å². The maximum atomic E-state index is 11.5. The Hall–Kier alpha value is -1.09. The van der Waals surface area contributed by atoms with E-state index < -0.39 is 0 Å². The summed E-state index contributed by atoms with van der Waals surface area (Å²) in [6, 6.07) is 1.91. The highest BCUT2D eigenvalue weighted by atomic mass is 32.1. The SMILES string of the molecule is Cc1cc(C(=O)/C=C/N(C)C)cs1. The van der Waals surface area contributed by atoms with Crippen LogP contribution in [0.3, 0.4) is 0 Å². The normalized spacial score (nSPS) is 10.7. The van der Waals surface area contributed by atoms with Crippen LogP contribution in [0.25, 0.3) is 0 Å². The Balaban J connectivity index is 2.69. The van der Waals surface area contributed by atoms with E-state index in [9.17, 15) is 4.79 Å². The van der Waals surface area contributed by atoms with Gasteiger partial charge in [0.05, 0.1) is 0 Å². The summed E-state index contributed by atoms with van der Waals surface area (Å²) >= 11 is 1.60. The second-order valence-electron chi connectivity index (χ2n) is 3.09. The molecule has 1 aromatic heterocycles. The molecule has 1 rings (SSSR count). The molecule has 0 atom stereocenters. The van der Waals surface area contributed by atoms with Crippen molar-refractivity contribution in [3.05, 3.63) is 34.2 Å². The third kappa shape index (κ3) is 3.03. The van der Waals surface area contributed by atoms with E-state index in [1.54, 1.807) is 23.6 Å². The molecule has 0 aliphatic rings. The van der Waals surface area contributed by atoms with Gasteiger partial charge in [-0.1, -0.05) is 0 Å². The number of thiophene rings is 1. The summed E-state index contributed by atoms with van der Waals surface area (Å²) in [6.07, 6.45) is 3.34. The molecule has 1 heterocycles. The maximum absolute atomic E-state index is 11.5. The molecule has 0 fully saturated rings. The predicted octanol–water partition coefficient (Wildman–Crippen LogP) is 2.31. The third-order valence-electron chi connectivity index (χ3n) is 1.54. The zero-order valence-electron chi connectivity index (χ0n) is 8.07. The molecule has 2 nitrogen and oxygen atoms in total. The fraction of sp³-hybridized carbons (Fsp3) is 0.300. The van der Waals surface area contributed by atoms with Crippen molar-refractivity contribution in [3.63, 3.8) is 0 Å². The van der Waals surface area contributed by atoms with Gasteiger partial charge in [-0.25, -0.2) is 0 Å². The topological polar surface area (TPSA) is 20.3 Å². The second kappa shape index (κ2) is 4.23. The molecule has 0 saturated heterocycles. The quantitative estimate of drug-likeness (QED) is 0.545. The first-order valence-corrected chi connectivity index (χ1v) is 4.91. The molecule has 70 valence electrons. The van der Waals surface area contributed by atoms with Crippen LogP contribution in [0, 0.1) is 6.92 Å². The first kappa shape index (κ1) is 9.99. The largest absolute Gasteiger partial charge is 0.383 e. The van der Waals surface area contributed by atoms with Crippen LogP contribution in [0.1, 0.15) is 15.2 Å². The number of nitrogens with zero attached hydrogens (tertiary/aromatic N) is 1. The highest BCUT2D eigenvalue weighted by Crippen LogP contribution is 2.13. The van der Waals surface area contributed by atoms with Gasteiger partial charge in [0, 0.05) is 42.2 Å². The van der Waals surface area contributed by atoms with Gasteiger partial charge in [0.15, 0.2) is 5.78 Å². The summed E-state index contributed by atoms with van der Waals surface area (Å²) in [5.74, 6) is 0.0676. The molecule has 0 bridgehead atoms. The average molecular weight is 195 g/mol. The molecule has 0 spiro atoms. The maximum Gasteiger partial charge on any atom is 0.188 e. The Bertz CT molecular complexity index is 325. The lowest BCUT2D eigenvalue weighted by Crippen LogP contribution is -2.02. The number of hydrogen-bond donors (Lipinski definition) is 0. The van der Waals surface area contributed by atoms with E-state index in [2.05, 4.69) is 0 Å². The first-order valence-electron chi connectivity index (χ1n) is 4.03. The minimum absolute atomic E-state index is 0.0676. The lowest BCUT2D eigenvalue weighted by atomic mass is 10.2. The molecular weight excluding hydrogens is 182 g/mol. The minimum Gasteiger partial charge on any atom is -0.383 e. The van der Waals surface area contributed by atoms with E-state index in [4.69, 9.17) is 0 Å². The van der Waals surface area contributed by atoms with Gasteiger partial charge in [-0.05, 0) is 13.0 Å². The monoisotopic (exact) mass is 195 g/mol. The molecule has 0 aliphatic carbocycles. The van der Waals surface area contributed by atoms with Gasteiger partial charge in [0.25, 0.3) is 0 Å². The van der Waals surface area contributed by atoms with Crippen LogP contribution in [-0.2, 0) is 0 Å². The molecule has 0 aromatic carbocycles. The third-order valence-corrected chi connectivity index (χ3v) is 2.40. The number of carbonyl (C=O) groups excluding carboxylic acids is 1. The average Bonchev–Trinajstić information content (AvgIpc) is 2.47. The molecule has 0 saturated carbocycles. The predicted molar refractivity (Wildman–Crippen MR) is 56.2 cm³/mol. The van der Waals surface area contributed by atoms with Crippen LogP contribution < -0.4 is 0 Å². The lowest BCUT2D eigenvalue weighted by Gasteiger charge is -2.01. The Morgan fingerprint density at radius 2 is 2.23 bits per heavy atom. The van der Waals surface area contributed by atoms with Crippen LogP contribution >= 0.6 is 11.3 Å². The van der Waals surface area contributed by atoms with Crippen molar-refractivity contribution in [1.82, 2.24) is 4.90 Å². The fourth-order valence-electron chi connectivity index (χ4n) is 0.886. The van der Waals surface area contributed by atoms with Crippen molar-refractivity contribution in [2.45, 2.75) is 6.92 Å². The highest BCUT2D eigenvalue weighted by Gasteiger charge is 2.02. The van der Waals surface area contributed by atoms with E-state index in [1.807, 2.05) is 37.4 Å². The Kier molecular flexibility index (Phi) is 3.25. The van der Waals surface area contributed by atoms with E-state index >= 15 is 0 Å². The number of aryl methyl sites for hydroxylation is 1. The number of allylic oxidation sites excluding steroid dienone is 1. The molecule has 0 N–H and O–H groups in total. The summed E-state index contributed by atoms with van der Waals surface area (Å²) < 4.78 is 0. The van der Waals surface area contributed by atoms with Crippen molar-refractivity contribution in [3.8, 4) is 0 Å². The van der Waals surface area contributed by atoms with Crippen LogP contribution in [0.5, 0.6) is 0 Å². The van der Waals surface area contributed by atoms with Gasteiger partial charge < -0.3 is 4.90 Å². The number of hydrogen-bond acceptors (Lipinski definition) is 3. The van der Waals surface area contributed by atoms with Gasteiger partial charge in [0.1, 0.15) is 0 Å². The number of carbonyl (C=O) groups is 1. The standard InChI is InChI=1S/C10H13NOS/c1-8-6-9(7-13-8)10(12)4-5-11(2)3/h4-7H,1-3H3/b5-4+. The molecule has 0 amide bonds. The van der Waals surface area contributed by atoms with Crippen molar-refractivity contribution in [2.75, 3.05) is 14.1 Å². The van der Waals surface area contributed by atoms with Crippen molar-refractivity contribution in [2.24, 2.45) is 0 Å². The summed E-state index contributed by atoms with van der Waals surface area (Å²) in [6.45, 7) is 2.00. The van der Waals surface area contributed by atoms with Crippen molar-refractivity contribution < 1.29 is 4.79 Å². The van der Waals surface area contributed by atoms with E-state index in [0.717, 1.165) is 5.56 Å². The van der Waals surface area contributed by atoms with Gasteiger partial charge in [-0.2, -0.15) is 0 Å². The molecule has 0 unspecified atom stereocenters. The molecule has 13 heavy (non-hydrogen) atoms. The summed E-state index contributed by atoms with van der Waals surface area (Å²) in [7, 11) is 3.78.